The van der Waals surface area contributed by atoms with Crippen molar-refractivity contribution < 1.29 is 9.18 Å². The summed E-state index contributed by atoms with van der Waals surface area (Å²) in [5.74, 6) is -0.232. The Morgan fingerprint density at radius 3 is 2.71 bits per heavy atom. The third kappa shape index (κ3) is 5.02. The zero-order chi connectivity index (χ0) is 21.8. The number of H-pyrrole nitrogens is 1. The number of aromatic nitrogens is 2. The zero-order valence-corrected chi connectivity index (χ0v) is 18.1. The van der Waals surface area contributed by atoms with Crippen LogP contribution in [0.2, 0.25) is 0 Å². The third-order valence-electron chi connectivity index (χ3n) is 5.87. The first-order valence-electron chi connectivity index (χ1n) is 10.9. The van der Waals surface area contributed by atoms with Gasteiger partial charge in [0.05, 0.1) is 23.5 Å². The smallest absolute Gasteiger partial charge is 0.257 e. The van der Waals surface area contributed by atoms with Crippen molar-refractivity contribution in [1.82, 2.24) is 20.4 Å². The van der Waals surface area contributed by atoms with Crippen LogP contribution in [0, 0.1) is 11.7 Å². The Morgan fingerprint density at radius 1 is 1.19 bits per heavy atom. The molecule has 1 amide bonds. The van der Waals surface area contributed by atoms with Crippen LogP contribution in [0.25, 0.3) is 11.3 Å². The Balaban J connectivity index is 1.53. The van der Waals surface area contributed by atoms with E-state index >= 15 is 0 Å². The van der Waals surface area contributed by atoms with Crippen molar-refractivity contribution in [3.8, 4) is 11.3 Å². The Labute approximate surface area is 182 Å². The topological polar surface area (TPSA) is 61.0 Å². The Hall–Kier alpha value is -2.99. The largest absolute Gasteiger partial charge is 0.330 e. The summed E-state index contributed by atoms with van der Waals surface area (Å²) in [6, 6.07) is 16.7. The molecular formula is C25H29FN4O. The van der Waals surface area contributed by atoms with Crippen LogP contribution in [-0.4, -0.2) is 40.1 Å². The van der Waals surface area contributed by atoms with Gasteiger partial charge in [-0.25, -0.2) is 4.39 Å². The molecule has 1 aliphatic rings. The van der Waals surface area contributed by atoms with Gasteiger partial charge in [-0.1, -0.05) is 36.4 Å². The lowest BCUT2D eigenvalue weighted by molar-refractivity contribution is 0.0683. The summed E-state index contributed by atoms with van der Waals surface area (Å²) in [4.78, 5) is 15.0. The fourth-order valence-electron chi connectivity index (χ4n) is 4.11. The second kappa shape index (κ2) is 9.43. The molecule has 1 unspecified atom stereocenters. The standard InChI is InChI=1S/C25H29FN4O/c1-17(2)30(16-21-14-24(29-28-21)20-6-4-3-5-7-20)25(31)22-13-18(8-9-23(22)26)12-19-10-11-27-15-19/h3-9,13-14,17,19,27H,10-12,15-16H2,1-2H3,(H,28,29). The Morgan fingerprint density at radius 2 is 2.00 bits per heavy atom. The first-order valence-corrected chi connectivity index (χ1v) is 10.9. The number of halogens is 1. The van der Waals surface area contributed by atoms with E-state index in [1.54, 1.807) is 17.0 Å². The van der Waals surface area contributed by atoms with Gasteiger partial charge < -0.3 is 10.2 Å². The van der Waals surface area contributed by atoms with Crippen molar-refractivity contribution in [2.75, 3.05) is 13.1 Å². The number of aromatic amines is 1. The van der Waals surface area contributed by atoms with Gasteiger partial charge in [-0.3, -0.25) is 9.89 Å². The van der Waals surface area contributed by atoms with Crippen LogP contribution in [0.4, 0.5) is 4.39 Å². The summed E-state index contributed by atoms with van der Waals surface area (Å²) < 4.78 is 14.6. The molecule has 1 aliphatic heterocycles. The average molecular weight is 421 g/mol. The summed E-state index contributed by atoms with van der Waals surface area (Å²) in [5, 5.41) is 10.8. The van der Waals surface area contributed by atoms with Gasteiger partial charge in [0.15, 0.2) is 0 Å². The lowest BCUT2D eigenvalue weighted by Crippen LogP contribution is -2.37. The highest BCUT2D eigenvalue weighted by Gasteiger charge is 2.24. The van der Waals surface area contributed by atoms with E-state index in [0.717, 1.165) is 48.4 Å². The number of hydrogen-bond acceptors (Lipinski definition) is 3. The van der Waals surface area contributed by atoms with Crippen LogP contribution in [0.15, 0.2) is 54.6 Å². The quantitative estimate of drug-likeness (QED) is 0.595. The molecule has 1 saturated heterocycles. The highest BCUT2D eigenvalue weighted by Crippen LogP contribution is 2.22. The van der Waals surface area contributed by atoms with Crippen LogP contribution in [0.5, 0.6) is 0 Å². The fourth-order valence-corrected chi connectivity index (χ4v) is 4.11. The summed E-state index contributed by atoms with van der Waals surface area (Å²) in [6.45, 7) is 6.22. The second-order valence-electron chi connectivity index (χ2n) is 8.55. The highest BCUT2D eigenvalue weighted by atomic mass is 19.1. The maximum atomic E-state index is 14.6. The first kappa shape index (κ1) is 21.2. The number of carbonyl (C=O) groups excluding carboxylic acids is 1. The Bertz CT molecular complexity index is 1030. The SMILES string of the molecule is CC(C)N(Cc1cc(-c2ccccc2)n[nH]1)C(=O)c1cc(CC2CCNC2)ccc1F. The number of nitrogens with one attached hydrogen (secondary N) is 2. The van der Waals surface area contributed by atoms with Gasteiger partial charge in [-0.2, -0.15) is 5.10 Å². The molecule has 162 valence electrons. The van der Waals surface area contributed by atoms with Gasteiger partial charge in [-0.15, -0.1) is 0 Å². The van der Waals surface area contributed by atoms with Crippen molar-refractivity contribution in [2.24, 2.45) is 5.92 Å². The predicted molar refractivity (Wildman–Crippen MR) is 120 cm³/mol. The minimum absolute atomic E-state index is 0.0851. The van der Waals surface area contributed by atoms with Crippen molar-refractivity contribution >= 4 is 5.91 Å². The molecule has 0 saturated carbocycles. The highest BCUT2D eigenvalue weighted by molar-refractivity contribution is 5.94. The number of hydrogen-bond donors (Lipinski definition) is 2. The van der Waals surface area contributed by atoms with E-state index in [9.17, 15) is 9.18 Å². The number of benzene rings is 2. The van der Waals surface area contributed by atoms with E-state index < -0.39 is 5.82 Å². The van der Waals surface area contributed by atoms with Crippen LogP contribution in [0.3, 0.4) is 0 Å². The van der Waals surface area contributed by atoms with Gasteiger partial charge >= 0.3 is 0 Å². The third-order valence-corrected chi connectivity index (χ3v) is 5.87. The number of amides is 1. The molecule has 0 bridgehead atoms. The molecule has 2 aromatic carbocycles. The molecule has 0 aliphatic carbocycles. The van der Waals surface area contributed by atoms with Crippen LogP contribution < -0.4 is 5.32 Å². The molecule has 4 rings (SSSR count). The van der Waals surface area contributed by atoms with Crippen LogP contribution in [-0.2, 0) is 13.0 Å². The summed E-state index contributed by atoms with van der Waals surface area (Å²) >= 11 is 0. The average Bonchev–Trinajstić information content (AvgIpc) is 3.45. The summed E-state index contributed by atoms with van der Waals surface area (Å²) in [6.07, 6.45) is 1.97. The van der Waals surface area contributed by atoms with Crippen molar-refractivity contribution in [3.05, 3.63) is 77.2 Å². The van der Waals surface area contributed by atoms with Gasteiger partial charge in [0.25, 0.3) is 5.91 Å². The molecule has 1 atom stereocenters. The maximum absolute atomic E-state index is 14.6. The van der Waals surface area contributed by atoms with Gasteiger partial charge in [0.2, 0.25) is 0 Å². The number of carbonyl (C=O) groups is 1. The zero-order valence-electron chi connectivity index (χ0n) is 18.1. The fraction of sp³-hybridized carbons (Fsp3) is 0.360. The molecule has 2 heterocycles. The second-order valence-corrected chi connectivity index (χ2v) is 8.55. The molecule has 1 aromatic heterocycles. The van der Waals surface area contributed by atoms with Gasteiger partial charge in [0, 0.05) is 11.6 Å². The maximum Gasteiger partial charge on any atom is 0.257 e. The summed E-state index contributed by atoms with van der Waals surface area (Å²) in [7, 11) is 0. The van der Waals surface area contributed by atoms with E-state index in [-0.39, 0.29) is 17.5 Å². The first-order chi connectivity index (χ1) is 15.0. The van der Waals surface area contributed by atoms with Crippen LogP contribution >= 0.6 is 0 Å². The molecule has 31 heavy (non-hydrogen) atoms. The molecular weight excluding hydrogens is 391 g/mol. The molecule has 3 aromatic rings. The van der Waals surface area contributed by atoms with Crippen LogP contribution in [0.1, 0.15) is 41.9 Å². The number of rotatable bonds is 7. The van der Waals surface area contributed by atoms with E-state index in [1.165, 1.54) is 6.07 Å². The molecule has 2 N–H and O–H groups in total. The minimum Gasteiger partial charge on any atom is -0.330 e. The molecule has 0 spiro atoms. The van der Waals surface area contributed by atoms with Gasteiger partial charge in [-0.05, 0) is 69.5 Å². The van der Waals surface area contributed by atoms with Crippen molar-refractivity contribution in [2.45, 2.75) is 39.3 Å². The lowest BCUT2D eigenvalue weighted by Gasteiger charge is -2.26. The van der Waals surface area contributed by atoms with Crippen molar-refractivity contribution in [3.63, 3.8) is 0 Å². The summed E-state index contributed by atoms with van der Waals surface area (Å²) in [5.41, 5.74) is 3.79. The molecule has 6 heteroatoms. The monoisotopic (exact) mass is 420 g/mol. The Kier molecular flexibility index (Phi) is 6.47. The molecule has 1 fully saturated rings. The molecule has 0 radical (unpaired) electrons. The normalized spacial score (nSPS) is 16.1. The van der Waals surface area contributed by atoms with Gasteiger partial charge in [0.1, 0.15) is 5.82 Å². The number of nitrogens with zero attached hydrogens (tertiary/aromatic N) is 2. The van der Waals surface area contributed by atoms with Crippen molar-refractivity contribution in [1.29, 1.82) is 0 Å². The molecule has 5 nitrogen and oxygen atoms in total. The van der Waals surface area contributed by atoms with E-state index in [1.807, 2.05) is 50.2 Å². The van der Waals surface area contributed by atoms with E-state index in [4.69, 9.17) is 0 Å². The predicted octanol–water partition coefficient (Wildman–Crippen LogP) is 4.42. The van der Waals surface area contributed by atoms with E-state index in [2.05, 4.69) is 15.5 Å². The minimum atomic E-state index is -0.474. The van der Waals surface area contributed by atoms with E-state index in [0.29, 0.717) is 12.5 Å². The lowest BCUT2D eigenvalue weighted by atomic mass is 9.97.